The molecule has 0 atom stereocenters. The van der Waals surface area contributed by atoms with Gasteiger partial charge in [0.05, 0.1) is 0 Å². The first-order valence-corrected chi connectivity index (χ1v) is 14.7. The van der Waals surface area contributed by atoms with Crippen LogP contribution in [-0.2, 0) is 11.8 Å². The van der Waals surface area contributed by atoms with Gasteiger partial charge in [0.25, 0.3) is 0 Å². The first kappa shape index (κ1) is 11.9. The molecule has 0 saturated carbocycles. The van der Waals surface area contributed by atoms with Gasteiger partial charge in [-0.05, 0) is 0 Å². The summed E-state index contributed by atoms with van der Waals surface area (Å²) in [5.41, 5.74) is 2.35. The summed E-state index contributed by atoms with van der Waals surface area (Å²) >= 11 is 7.47. The Kier molecular flexibility index (Phi) is 5.81. The first-order valence-electron chi connectivity index (χ1n) is 3.66. The number of halogens is 1. The molecule has 0 N–H and O–H groups in total. The molecule has 1 rings (SSSR count). The zero-order valence-corrected chi connectivity index (χ0v) is 14.8. The van der Waals surface area contributed by atoms with E-state index < -0.39 is 23.1 Å². The Labute approximate surface area is 104 Å². The van der Waals surface area contributed by atoms with E-state index in [2.05, 4.69) is 38.3 Å². The van der Waals surface area contributed by atoms with Crippen molar-refractivity contribution in [1.29, 1.82) is 0 Å². The number of hydrogen-bond donors (Lipinski definition) is 0. The third-order valence-electron chi connectivity index (χ3n) is 1.59. The molecule has 0 heterocycles. The zero-order chi connectivity index (χ0) is 9.68. The van der Waals surface area contributed by atoms with Crippen LogP contribution >= 0.6 is 19.9 Å². The van der Waals surface area contributed by atoms with Crippen LogP contribution in [0.15, 0.2) is 22.7 Å². The minimum atomic E-state index is -0.892. The number of hydrogen-bond acceptors (Lipinski definition) is 1. The van der Waals surface area contributed by atoms with Gasteiger partial charge in [0.15, 0.2) is 0 Å². The second-order valence-electron chi connectivity index (χ2n) is 2.42. The van der Waals surface area contributed by atoms with Gasteiger partial charge in [0.1, 0.15) is 0 Å². The van der Waals surface area contributed by atoms with Crippen molar-refractivity contribution in [1.82, 2.24) is 0 Å². The molecule has 13 heavy (non-hydrogen) atoms. The van der Waals surface area contributed by atoms with Crippen LogP contribution in [0, 0.1) is 16.3 Å². The number of rotatable bonds is 0. The molecule has 0 fully saturated rings. The molecule has 0 bridgehead atoms. The third-order valence-corrected chi connectivity index (χ3v) is 8.76. The van der Waals surface area contributed by atoms with Gasteiger partial charge >= 0.3 is 105 Å². The van der Waals surface area contributed by atoms with E-state index >= 15 is 0 Å². The molecule has 0 aliphatic rings. The topological polar surface area (TPSA) is 0 Å². The monoisotopic (exact) mass is 461 g/mol. The van der Waals surface area contributed by atoms with Gasteiger partial charge in [0.2, 0.25) is 0 Å². The van der Waals surface area contributed by atoms with Gasteiger partial charge in [-0.15, -0.1) is 0 Å². The van der Waals surface area contributed by atoms with Crippen LogP contribution in [0.3, 0.4) is 0 Å². The van der Waals surface area contributed by atoms with Gasteiger partial charge < -0.3 is 0 Å². The second kappa shape index (κ2) is 6.34. The predicted octanol–water partition coefficient (Wildman–Crippen LogP) is 3.09. The van der Waals surface area contributed by atoms with E-state index in [1.54, 1.807) is 0 Å². The van der Waals surface area contributed by atoms with Gasteiger partial charge in [-0.3, -0.25) is 0 Å². The molecule has 1 aromatic rings. The van der Waals surface area contributed by atoms with Crippen molar-refractivity contribution in [2.24, 2.45) is 0 Å². The quantitative estimate of drug-likeness (QED) is 0.325. The SMILES string of the molecule is Cc1c(Br)cccc1C#[C][Tl]=[P+]=S. The van der Waals surface area contributed by atoms with E-state index in [-0.39, 0.29) is 0 Å². The van der Waals surface area contributed by atoms with Crippen molar-refractivity contribution in [3.05, 3.63) is 33.8 Å². The Hall–Kier alpha value is 0.832. The van der Waals surface area contributed by atoms with Crippen LogP contribution in [0.5, 0.6) is 0 Å². The number of benzene rings is 1. The van der Waals surface area contributed by atoms with Crippen LogP contribution in [0.2, 0.25) is 0 Å². The van der Waals surface area contributed by atoms with E-state index in [1.165, 1.54) is 5.56 Å². The van der Waals surface area contributed by atoms with Crippen molar-refractivity contribution < 1.29 is 0 Å². The van der Waals surface area contributed by atoms with E-state index in [4.69, 9.17) is 11.8 Å². The Morgan fingerprint density at radius 2 is 2.31 bits per heavy atom. The van der Waals surface area contributed by atoms with Crippen molar-refractivity contribution >= 4 is 54.8 Å². The maximum atomic E-state index is 4.88. The molecule has 0 aromatic heterocycles. The Balaban J connectivity index is 3.11. The second-order valence-corrected chi connectivity index (χ2v) is 15.9. The average Bonchev–Trinajstić information content (AvgIpc) is 2.13. The molecule has 1 aromatic carbocycles. The molecular weight excluding hydrogens is 455 g/mol. The molecule has 0 saturated heterocycles. The fourth-order valence-electron chi connectivity index (χ4n) is 0.879. The van der Waals surface area contributed by atoms with E-state index in [0.29, 0.717) is 0 Å². The Bertz CT molecular complexity index is 427. The fraction of sp³-hybridized carbons (Fsp3) is 0.111. The van der Waals surface area contributed by atoms with Gasteiger partial charge in [-0.25, -0.2) is 0 Å². The normalized spacial score (nSPS) is 8.15. The van der Waals surface area contributed by atoms with Gasteiger partial charge in [-0.1, -0.05) is 0 Å². The van der Waals surface area contributed by atoms with E-state index in [0.717, 1.165) is 14.0 Å². The van der Waals surface area contributed by atoms with Crippen LogP contribution in [0.4, 0.5) is 0 Å². The minimum absolute atomic E-state index is 0.892. The van der Waals surface area contributed by atoms with Crippen LogP contribution in [0.25, 0.3) is 0 Å². The van der Waals surface area contributed by atoms with Crippen molar-refractivity contribution in [2.45, 2.75) is 6.92 Å². The zero-order valence-electron chi connectivity index (χ0n) is 7.04. The van der Waals surface area contributed by atoms with E-state index in [1.807, 2.05) is 12.1 Å². The van der Waals surface area contributed by atoms with Gasteiger partial charge in [0, 0.05) is 0 Å². The summed E-state index contributed by atoms with van der Waals surface area (Å²) in [5, 5.41) is 0. The fourth-order valence-corrected chi connectivity index (χ4v) is 4.72. The standard InChI is InChI=1S/C9H6Br.PS.Tl/c1-3-8-5-4-6-9(10)7(8)2;1-2;/h4-6H,2H3;;/q;-1;+2. The molecular formula is C9H6BrPSTl+. The maximum absolute atomic E-state index is 4.88. The van der Waals surface area contributed by atoms with Crippen LogP contribution in [0.1, 0.15) is 11.1 Å². The summed E-state index contributed by atoms with van der Waals surface area (Å²) in [4.78, 5) is 0. The summed E-state index contributed by atoms with van der Waals surface area (Å²) in [6.07, 6.45) is 0. The van der Waals surface area contributed by atoms with Crippen molar-refractivity contribution in [3.8, 4) is 9.40 Å². The summed E-state index contributed by atoms with van der Waals surface area (Å²) in [5.74, 6) is 3.19. The van der Waals surface area contributed by atoms with Gasteiger partial charge in [-0.2, -0.15) is 0 Å². The van der Waals surface area contributed by atoms with Crippen molar-refractivity contribution in [2.75, 3.05) is 0 Å². The predicted molar refractivity (Wildman–Crippen MR) is 65.8 cm³/mol. The average molecular weight is 461 g/mol. The van der Waals surface area contributed by atoms with Crippen LogP contribution < -0.4 is 0 Å². The summed E-state index contributed by atoms with van der Waals surface area (Å²) in [6, 6.07) is 6.11. The Morgan fingerprint density at radius 1 is 1.54 bits per heavy atom. The third kappa shape index (κ3) is 3.83. The van der Waals surface area contributed by atoms with Crippen molar-refractivity contribution in [3.63, 3.8) is 0 Å². The molecule has 0 unspecified atom stereocenters. The molecule has 0 spiro atoms. The molecule has 0 aliphatic heterocycles. The summed E-state index contributed by atoms with van der Waals surface area (Å²) in [6.45, 7) is 2.08. The first-order chi connectivity index (χ1) is 6.25. The molecule has 0 aliphatic carbocycles. The summed E-state index contributed by atoms with van der Waals surface area (Å²) < 4.78 is 5.49. The Morgan fingerprint density at radius 3 is 3.00 bits per heavy atom. The van der Waals surface area contributed by atoms with E-state index in [9.17, 15) is 0 Å². The molecule has 0 amide bonds. The molecule has 62 valence electrons. The molecule has 0 radical (unpaired) electrons. The molecule has 0 nitrogen and oxygen atoms in total. The molecule has 4 heteroatoms. The van der Waals surface area contributed by atoms with Crippen LogP contribution in [-0.4, -0.2) is 23.1 Å². The summed E-state index contributed by atoms with van der Waals surface area (Å²) in [7, 11) is 0.